The first-order valence-electron chi connectivity index (χ1n) is 6.29. The molecular formula is C12H27N3. The Labute approximate surface area is 94.6 Å². The second-order valence-corrected chi connectivity index (χ2v) is 5.03. The average Bonchev–Trinajstić information content (AvgIpc) is 2.38. The predicted octanol–water partition coefficient (Wildman–Crippen LogP) is 1.14. The first kappa shape index (κ1) is 12.9. The maximum Gasteiger partial charge on any atom is 0.0226 e. The lowest BCUT2D eigenvalue weighted by atomic mass is 10.1. The van der Waals surface area contributed by atoms with Gasteiger partial charge in [-0.05, 0) is 40.3 Å². The van der Waals surface area contributed by atoms with Gasteiger partial charge in [-0.25, -0.2) is 0 Å². The van der Waals surface area contributed by atoms with Gasteiger partial charge in [0.2, 0.25) is 0 Å². The number of rotatable bonds is 4. The molecule has 0 saturated carbocycles. The van der Waals surface area contributed by atoms with Crippen LogP contribution < -0.4 is 5.73 Å². The minimum atomic E-state index is 0.616. The maximum atomic E-state index is 5.69. The summed E-state index contributed by atoms with van der Waals surface area (Å²) in [6, 6.07) is 1.33. The third-order valence-electron chi connectivity index (χ3n) is 3.37. The Morgan fingerprint density at radius 3 is 2.73 bits per heavy atom. The largest absolute Gasteiger partial charge is 0.329 e. The molecule has 1 unspecified atom stereocenters. The van der Waals surface area contributed by atoms with E-state index in [2.05, 4.69) is 30.7 Å². The molecule has 1 fully saturated rings. The zero-order valence-electron chi connectivity index (χ0n) is 10.6. The first-order valence-corrected chi connectivity index (χ1v) is 6.29. The van der Waals surface area contributed by atoms with Crippen LogP contribution in [0.25, 0.3) is 0 Å². The van der Waals surface area contributed by atoms with Gasteiger partial charge >= 0.3 is 0 Å². The SMILES string of the molecule is CC(C)N(CCN)C1CCCCN(C)C1. The Morgan fingerprint density at radius 1 is 1.40 bits per heavy atom. The predicted molar refractivity (Wildman–Crippen MR) is 66.0 cm³/mol. The Kier molecular flexibility index (Phi) is 5.58. The first-order chi connectivity index (χ1) is 7.15. The topological polar surface area (TPSA) is 32.5 Å². The highest BCUT2D eigenvalue weighted by Gasteiger charge is 2.23. The Balaban J connectivity index is 2.55. The lowest BCUT2D eigenvalue weighted by Crippen LogP contribution is -2.47. The van der Waals surface area contributed by atoms with Gasteiger partial charge in [-0.2, -0.15) is 0 Å². The van der Waals surface area contributed by atoms with Crippen molar-refractivity contribution >= 4 is 0 Å². The summed E-state index contributed by atoms with van der Waals surface area (Å²) in [5.41, 5.74) is 5.69. The molecule has 15 heavy (non-hydrogen) atoms. The van der Waals surface area contributed by atoms with E-state index in [1.807, 2.05) is 0 Å². The van der Waals surface area contributed by atoms with E-state index in [1.165, 1.54) is 32.4 Å². The van der Waals surface area contributed by atoms with Gasteiger partial charge < -0.3 is 10.6 Å². The molecule has 1 saturated heterocycles. The highest BCUT2D eigenvalue weighted by atomic mass is 15.2. The molecule has 0 amide bonds. The van der Waals surface area contributed by atoms with Crippen molar-refractivity contribution in [2.75, 3.05) is 33.2 Å². The normalized spacial score (nSPS) is 24.8. The molecule has 1 atom stereocenters. The van der Waals surface area contributed by atoms with Crippen molar-refractivity contribution in [3.05, 3.63) is 0 Å². The number of likely N-dealkylation sites (N-methyl/N-ethyl adjacent to an activating group) is 1. The Hall–Kier alpha value is -0.120. The smallest absolute Gasteiger partial charge is 0.0226 e. The third-order valence-corrected chi connectivity index (χ3v) is 3.37. The van der Waals surface area contributed by atoms with Crippen LogP contribution >= 0.6 is 0 Å². The molecule has 0 bridgehead atoms. The minimum Gasteiger partial charge on any atom is -0.329 e. The van der Waals surface area contributed by atoms with Crippen LogP contribution in [0, 0.1) is 0 Å². The summed E-state index contributed by atoms with van der Waals surface area (Å²) in [6.07, 6.45) is 4.05. The molecule has 1 aliphatic heterocycles. The van der Waals surface area contributed by atoms with Gasteiger partial charge in [0.05, 0.1) is 0 Å². The lowest BCUT2D eigenvalue weighted by Gasteiger charge is -2.35. The summed E-state index contributed by atoms with van der Waals surface area (Å²) in [6.45, 7) is 8.83. The van der Waals surface area contributed by atoms with E-state index in [1.54, 1.807) is 0 Å². The second-order valence-electron chi connectivity index (χ2n) is 5.03. The number of hydrogen-bond donors (Lipinski definition) is 1. The number of nitrogens with zero attached hydrogens (tertiary/aromatic N) is 2. The van der Waals surface area contributed by atoms with Gasteiger partial charge in [-0.15, -0.1) is 0 Å². The van der Waals surface area contributed by atoms with Crippen molar-refractivity contribution < 1.29 is 0 Å². The van der Waals surface area contributed by atoms with Crippen molar-refractivity contribution in [3.63, 3.8) is 0 Å². The summed E-state index contributed by atoms with van der Waals surface area (Å²) >= 11 is 0. The number of hydrogen-bond acceptors (Lipinski definition) is 3. The molecule has 0 aromatic heterocycles. The number of nitrogens with two attached hydrogens (primary N) is 1. The van der Waals surface area contributed by atoms with Crippen LogP contribution in [0.15, 0.2) is 0 Å². The van der Waals surface area contributed by atoms with Gasteiger partial charge in [0.25, 0.3) is 0 Å². The van der Waals surface area contributed by atoms with E-state index in [-0.39, 0.29) is 0 Å². The van der Waals surface area contributed by atoms with Crippen LogP contribution in [0.1, 0.15) is 33.1 Å². The molecule has 3 nitrogen and oxygen atoms in total. The van der Waals surface area contributed by atoms with E-state index in [4.69, 9.17) is 5.73 Å². The van der Waals surface area contributed by atoms with Crippen LogP contribution in [0.5, 0.6) is 0 Å². The molecule has 0 aromatic carbocycles. The molecule has 0 radical (unpaired) electrons. The fourth-order valence-electron chi connectivity index (χ4n) is 2.59. The van der Waals surface area contributed by atoms with Gasteiger partial charge in [-0.3, -0.25) is 4.90 Å². The zero-order valence-corrected chi connectivity index (χ0v) is 10.6. The van der Waals surface area contributed by atoms with E-state index in [0.29, 0.717) is 12.1 Å². The van der Waals surface area contributed by atoms with E-state index < -0.39 is 0 Å². The molecule has 0 aromatic rings. The van der Waals surface area contributed by atoms with E-state index in [0.717, 1.165) is 13.1 Å². The van der Waals surface area contributed by atoms with Crippen LogP contribution in [-0.4, -0.2) is 55.1 Å². The highest BCUT2D eigenvalue weighted by Crippen LogP contribution is 2.16. The van der Waals surface area contributed by atoms with Gasteiger partial charge in [0.15, 0.2) is 0 Å². The fraction of sp³-hybridized carbons (Fsp3) is 1.00. The van der Waals surface area contributed by atoms with Crippen LogP contribution in [0.2, 0.25) is 0 Å². The second kappa shape index (κ2) is 6.46. The van der Waals surface area contributed by atoms with Crippen molar-refractivity contribution in [1.82, 2.24) is 9.80 Å². The molecule has 0 aliphatic carbocycles. The molecular weight excluding hydrogens is 186 g/mol. The molecule has 0 spiro atoms. The zero-order chi connectivity index (χ0) is 11.3. The fourth-order valence-corrected chi connectivity index (χ4v) is 2.59. The maximum absolute atomic E-state index is 5.69. The van der Waals surface area contributed by atoms with Gasteiger partial charge in [-0.1, -0.05) is 6.42 Å². The summed E-state index contributed by atoms with van der Waals surface area (Å²) in [4.78, 5) is 5.03. The summed E-state index contributed by atoms with van der Waals surface area (Å²) in [5, 5.41) is 0. The van der Waals surface area contributed by atoms with E-state index in [9.17, 15) is 0 Å². The molecule has 3 heteroatoms. The van der Waals surface area contributed by atoms with Crippen LogP contribution in [0.3, 0.4) is 0 Å². The highest BCUT2D eigenvalue weighted by molar-refractivity contribution is 4.80. The summed E-state index contributed by atoms with van der Waals surface area (Å²) in [7, 11) is 2.24. The summed E-state index contributed by atoms with van der Waals surface area (Å²) < 4.78 is 0. The molecule has 2 N–H and O–H groups in total. The molecule has 1 aliphatic rings. The monoisotopic (exact) mass is 213 g/mol. The van der Waals surface area contributed by atoms with E-state index >= 15 is 0 Å². The van der Waals surface area contributed by atoms with Crippen molar-refractivity contribution in [3.8, 4) is 0 Å². The quantitative estimate of drug-likeness (QED) is 0.760. The third kappa shape index (κ3) is 4.09. The lowest BCUT2D eigenvalue weighted by molar-refractivity contribution is 0.127. The minimum absolute atomic E-state index is 0.616. The van der Waals surface area contributed by atoms with Gasteiger partial charge in [0.1, 0.15) is 0 Å². The number of likely N-dealkylation sites (tertiary alicyclic amines) is 1. The van der Waals surface area contributed by atoms with Crippen molar-refractivity contribution in [2.45, 2.75) is 45.2 Å². The van der Waals surface area contributed by atoms with Gasteiger partial charge in [0, 0.05) is 31.7 Å². The molecule has 1 heterocycles. The van der Waals surface area contributed by atoms with Crippen LogP contribution in [0.4, 0.5) is 0 Å². The summed E-state index contributed by atoms with van der Waals surface area (Å²) in [5.74, 6) is 0. The Morgan fingerprint density at radius 2 is 2.13 bits per heavy atom. The van der Waals surface area contributed by atoms with Crippen molar-refractivity contribution in [1.29, 1.82) is 0 Å². The molecule has 90 valence electrons. The van der Waals surface area contributed by atoms with Crippen molar-refractivity contribution in [2.24, 2.45) is 5.73 Å². The molecule has 1 rings (SSSR count). The Bertz CT molecular complexity index is 170. The van der Waals surface area contributed by atoms with Crippen LogP contribution in [-0.2, 0) is 0 Å². The average molecular weight is 213 g/mol. The standard InChI is InChI=1S/C12H27N3/c1-11(2)15(9-7-13)12-6-4-5-8-14(3)10-12/h11-12H,4-10,13H2,1-3H3.